The van der Waals surface area contributed by atoms with Gasteiger partial charge in [-0.1, -0.05) is 30.3 Å². The number of hydrogen-bond acceptors (Lipinski definition) is 5. The van der Waals surface area contributed by atoms with Crippen LogP contribution in [0.25, 0.3) is 38.7 Å². The van der Waals surface area contributed by atoms with Crippen LogP contribution in [-0.2, 0) is 18.8 Å². The second-order valence-electron chi connectivity index (χ2n) is 8.91. The number of aliphatic imine (C=N–C) groups is 1. The molecular weight excluding hydrogens is 442 g/mol. The van der Waals surface area contributed by atoms with Crippen molar-refractivity contribution >= 4 is 22.7 Å². The molecule has 1 aromatic carbocycles. The molecule has 0 amide bonds. The lowest BCUT2D eigenvalue weighted by molar-refractivity contribution is 0.0136. The smallest absolute Gasteiger partial charge is 0.274 e. The van der Waals surface area contributed by atoms with E-state index >= 15 is 0 Å². The third-order valence-corrected chi connectivity index (χ3v) is 6.32. The van der Waals surface area contributed by atoms with Crippen molar-refractivity contribution < 1.29 is 4.74 Å². The van der Waals surface area contributed by atoms with Gasteiger partial charge in [0.1, 0.15) is 5.52 Å². The maximum Gasteiger partial charge on any atom is 0.274 e. The van der Waals surface area contributed by atoms with Crippen LogP contribution in [0, 0.1) is 0 Å². The summed E-state index contributed by atoms with van der Waals surface area (Å²) in [5.41, 5.74) is 11.7. The molecule has 1 aliphatic heterocycles. The number of nitrogens with zero attached hydrogens (tertiary/aromatic N) is 3. The topological polar surface area (TPSA) is 107 Å². The molecule has 8 heteroatoms. The summed E-state index contributed by atoms with van der Waals surface area (Å²) in [5, 5.41) is 0.715. The predicted molar refractivity (Wildman–Crippen MR) is 140 cm³/mol. The molecule has 0 aliphatic carbocycles. The van der Waals surface area contributed by atoms with Crippen LogP contribution in [0.15, 0.2) is 75.1 Å². The molecule has 3 aromatic heterocycles. The van der Waals surface area contributed by atoms with Crippen LogP contribution in [0.5, 0.6) is 0 Å². The van der Waals surface area contributed by atoms with Gasteiger partial charge < -0.3 is 24.6 Å². The summed E-state index contributed by atoms with van der Waals surface area (Å²) in [7, 11) is 3.44. The summed E-state index contributed by atoms with van der Waals surface area (Å²) < 4.78 is 8.29. The van der Waals surface area contributed by atoms with Crippen molar-refractivity contribution in [2.24, 2.45) is 24.8 Å². The molecule has 0 bridgehead atoms. The summed E-state index contributed by atoms with van der Waals surface area (Å²) in [6.07, 6.45) is 5.35. The fourth-order valence-corrected chi connectivity index (χ4v) is 4.27. The first-order valence-corrected chi connectivity index (χ1v) is 11.4. The Morgan fingerprint density at radius 2 is 1.77 bits per heavy atom. The van der Waals surface area contributed by atoms with Crippen molar-refractivity contribution in [3.8, 4) is 22.3 Å². The zero-order valence-electron chi connectivity index (χ0n) is 19.9. The second kappa shape index (κ2) is 8.88. The Hall–Kier alpha value is -4.17. The van der Waals surface area contributed by atoms with E-state index in [1.54, 1.807) is 44.1 Å². The van der Waals surface area contributed by atoms with Gasteiger partial charge in [0, 0.05) is 72.2 Å². The van der Waals surface area contributed by atoms with Crippen LogP contribution in [0.3, 0.4) is 0 Å². The lowest BCUT2D eigenvalue weighted by Gasteiger charge is -2.21. The van der Waals surface area contributed by atoms with Gasteiger partial charge in [-0.05, 0) is 24.1 Å². The van der Waals surface area contributed by atoms with Crippen LogP contribution < -0.4 is 16.9 Å². The van der Waals surface area contributed by atoms with E-state index in [2.05, 4.69) is 9.98 Å². The normalized spacial score (nSPS) is 14.9. The number of ether oxygens (including phenoxy) is 1. The molecule has 0 radical (unpaired) electrons. The molecule has 0 unspecified atom stereocenters. The average molecular weight is 470 g/mol. The van der Waals surface area contributed by atoms with Gasteiger partial charge >= 0.3 is 0 Å². The summed E-state index contributed by atoms with van der Waals surface area (Å²) in [5.74, 6) is 0. The molecule has 4 heterocycles. The Balaban J connectivity index is 1.76. The quantitative estimate of drug-likeness (QED) is 0.438. The molecule has 0 spiro atoms. The first-order valence-electron chi connectivity index (χ1n) is 11.4. The molecule has 35 heavy (non-hydrogen) atoms. The maximum atomic E-state index is 13.1. The van der Waals surface area contributed by atoms with Crippen molar-refractivity contribution in [3.63, 3.8) is 0 Å². The third kappa shape index (κ3) is 4.13. The first kappa shape index (κ1) is 22.6. The summed E-state index contributed by atoms with van der Waals surface area (Å²) >= 11 is 0. The van der Waals surface area contributed by atoms with E-state index in [1.165, 1.54) is 4.57 Å². The number of rotatable bonds is 5. The molecule has 5 rings (SSSR count). The van der Waals surface area contributed by atoms with Crippen LogP contribution in [0.4, 0.5) is 0 Å². The Kier molecular flexibility index (Phi) is 5.74. The highest BCUT2D eigenvalue weighted by molar-refractivity contribution is 6.12. The maximum absolute atomic E-state index is 13.1. The van der Waals surface area contributed by atoms with Crippen molar-refractivity contribution in [1.29, 1.82) is 0 Å². The van der Waals surface area contributed by atoms with Gasteiger partial charge in [0.25, 0.3) is 11.1 Å². The molecule has 4 aromatic rings. The number of aromatic nitrogens is 3. The van der Waals surface area contributed by atoms with Crippen molar-refractivity contribution in [1.82, 2.24) is 14.1 Å². The largest absolute Gasteiger partial charge is 0.402 e. The van der Waals surface area contributed by atoms with Crippen molar-refractivity contribution in [2.45, 2.75) is 13.0 Å². The minimum atomic E-state index is -0.168. The molecule has 8 nitrogen and oxygen atoms in total. The summed E-state index contributed by atoms with van der Waals surface area (Å²) in [4.78, 5) is 33.6. The molecule has 1 aliphatic rings. The number of aryl methyl sites for hydroxylation is 2. The SMILES string of the molecule is C/C(N)=C(/C=NC1COC1)c1cc2c(-c3cc(=O)n(C)cc3-c3ccccc3)cn(C)c(=O)c2[nH]1. The van der Waals surface area contributed by atoms with E-state index in [0.29, 0.717) is 41.1 Å². The van der Waals surface area contributed by atoms with Crippen LogP contribution in [-0.4, -0.2) is 39.6 Å². The van der Waals surface area contributed by atoms with Crippen LogP contribution in [0.2, 0.25) is 0 Å². The minimum absolute atomic E-state index is 0.117. The average Bonchev–Trinajstić information content (AvgIpc) is 3.25. The van der Waals surface area contributed by atoms with Crippen LogP contribution >= 0.6 is 0 Å². The number of nitrogens with one attached hydrogen (secondary N) is 1. The molecule has 1 saturated heterocycles. The number of hydrogen-bond donors (Lipinski definition) is 2. The zero-order valence-corrected chi connectivity index (χ0v) is 19.9. The second-order valence-corrected chi connectivity index (χ2v) is 8.91. The number of nitrogens with two attached hydrogens (primary N) is 1. The lowest BCUT2D eigenvalue weighted by Crippen LogP contribution is -2.31. The number of benzene rings is 1. The van der Waals surface area contributed by atoms with Gasteiger partial charge in [-0.25, -0.2) is 0 Å². The fraction of sp³-hybridized carbons (Fsp3) is 0.222. The standard InChI is InChI=1S/C27H27N5O3/c1-16(28)21(11-29-18-14-35-15-18)24-9-20-23(13-32(3)27(34)26(20)30-24)19-10-25(33)31(2)12-22(19)17-7-5-4-6-8-17/h4-13,18,30H,14-15,28H2,1-3H3/b21-16+,29-11?. The van der Waals surface area contributed by atoms with E-state index in [4.69, 9.17) is 10.5 Å². The van der Waals surface area contributed by atoms with Gasteiger partial charge in [0.15, 0.2) is 0 Å². The predicted octanol–water partition coefficient (Wildman–Crippen LogP) is 3.06. The van der Waals surface area contributed by atoms with E-state index in [9.17, 15) is 9.59 Å². The van der Waals surface area contributed by atoms with E-state index in [-0.39, 0.29) is 17.2 Å². The summed E-state index contributed by atoms with van der Waals surface area (Å²) in [6.45, 7) is 2.99. The highest BCUT2D eigenvalue weighted by Gasteiger charge is 2.20. The Labute approximate surface area is 202 Å². The molecule has 0 saturated carbocycles. The highest BCUT2D eigenvalue weighted by Crippen LogP contribution is 2.35. The number of H-pyrrole nitrogens is 1. The van der Waals surface area contributed by atoms with E-state index in [1.807, 2.05) is 42.6 Å². The lowest BCUT2D eigenvalue weighted by atomic mass is 9.95. The molecule has 1 fully saturated rings. The first-order chi connectivity index (χ1) is 16.8. The Morgan fingerprint density at radius 1 is 1.06 bits per heavy atom. The molecule has 0 atom stereocenters. The zero-order chi connectivity index (χ0) is 24.7. The van der Waals surface area contributed by atoms with Gasteiger partial charge in [0.2, 0.25) is 0 Å². The van der Waals surface area contributed by atoms with Crippen LogP contribution in [0.1, 0.15) is 12.6 Å². The van der Waals surface area contributed by atoms with E-state index < -0.39 is 0 Å². The van der Waals surface area contributed by atoms with Gasteiger partial charge in [-0.3, -0.25) is 14.6 Å². The Bertz CT molecular complexity index is 1600. The number of aromatic amines is 1. The minimum Gasteiger partial charge on any atom is -0.402 e. The fourth-order valence-electron chi connectivity index (χ4n) is 4.27. The Morgan fingerprint density at radius 3 is 2.43 bits per heavy atom. The molecule has 178 valence electrons. The molecule has 3 N–H and O–H groups in total. The number of allylic oxidation sites excluding steroid dienone is 2. The van der Waals surface area contributed by atoms with Gasteiger partial charge in [0.05, 0.1) is 19.3 Å². The third-order valence-electron chi connectivity index (χ3n) is 6.32. The number of fused-ring (bicyclic) bond motifs is 1. The van der Waals surface area contributed by atoms with Gasteiger partial charge in [-0.2, -0.15) is 0 Å². The molecular formula is C27H27N5O3. The summed E-state index contributed by atoms with van der Waals surface area (Å²) in [6, 6.07) is 13.5. The van der Waals surface area contributed by atoms with Crippen molar-refractivity contribution in [3.05, 3.63) is 87.0 Å². The van der Waals surface area contributed by atoms with Crippen molar-refractivity contribution in [2.75, 3.05) is 13.2 Å². The number of pyridine rings is 2. The van der Waals surface area contributed by atoms with E-state index in [0.717, 1.165) is 22.3 Å². The van der Waals surface area contributed by atoms with Gasteiger partial charge in [-0.15, -0.1) is 0 Å². The highest BCUT2D eigenvalue weighted by atomic mass is 16.5. The monoisotopic (exact) mass is 469 g/mol.